The van der Waals surface area contributed by atoms with E-state index in [4.69, 9.17) is 23.2 Å². The predicted molar refractivity (Wildman–Crippen MR) is 231 cm³/mol. The molecule has 6 aromatic rings. The summed E-state index contributed by atoms with van der Waals surface area (Å²) in [5.74, 6) is -7.22. The van der Waals surface area contributed by atoms with Gasteiger partial charge in [-0.3, -0.25) is 9.59 Å². The smallest absolute Gasteiger partial charge is 0.355 e. The van der Waals surface area contributed by atoms with E-state index in [1.807, 2.05) is 59.7 Å². The molecule has 2 N–H and O–H groups in total. The van der Waals surface area contributed by atoms with Gasteiger partial charge in [-0.1, -0.05) is 119 Å². The van der Waals surface area contributed by atoms with Crippen LogP contribution in [0.5, 0.6) is 0 Å². The third kappa shape index (κ3) is 7.53. The van der Waals surface area contributed by atoms with Crippen LogP contribution in [0.25, 0.3) is 22.5 Å². The van der Waals surface area contributed by atoms with Crippen LogP contribution in [0.3, 0.4) is 0 Å². The molecule has 0 spiro atoms. The van der Waals surface area contributed by atoms with Crippen LogP contribution in [0.4, 0.5) is 8.78 Å². The quantitative estimate of drug-likeness (QED) is 0.123. The van der Waals surface area contributed by atoms with Crippen molar-refractivity contribution in [1.29, 1.82) is 0 Å². The van der Waals surface area contributed by atoms with Crippen molar-refractivity contribution in [3.05, 3.63) is 174 Å². The number of hydrogen-bond donors (Lipinski definition) is 2. The highest BCUT2D eigenvalue weighted by Gasteiger charge is 2.41. The number of carboxylic acids is 2. The zero-order chi connectivity index (χ0) is 44.2. The summed E-state index contributed by atoms with van der Waals surface area (Å²) in [5, 5.41) is 20.7. The molecule has 1 aliphatic carbocycles. The van der Waals surface area contributed by atoms with E-state index in [1.165, 1.54) is 36.4 Å². The van der Waals surface area contributed by atoms with Crippen LogP contribution in [0.1, 0.15) is 151 Å². The lowest BCUT2D eigenvalue weighted by Crippen LogP contribution is -2.28. The number of aromatic nitrogens is 2. The normalized spacial score (nSPS) is 13.5. The maximum Gasteiger partial charge on any atom is 0.355 e. The molecule has 1 aliphatic rings. The number of carboxylic acid groups (broad SMARTS) is 2. The molecule has 2 heterocycles. The van der Waals surface area contributed by atoms with Crippen LogP contribution in [-0.4, -0.2) is 43.7 Å². The molecule has 0 radical (unpaired) electrons. The van der Waals surface area contributed by atoms with Crippen molar-refractivity contribution in [2.45, 2.75) is 71.6 Å². The molecule has 12 heteroatoms. The number of halogens is 4. The number of pyridine rings is 2. The third-order valence-electron chi connectivity index (χ3n) is 11.2. The lowest BCUT2D eigenvalue weighted by molar-refractivity contribution is 0.0679. The molecule has 0 aliphatic heterocycles. The molecule has 61 heavy (non-hydrogen) atoms. The first-order chi connectivity index (χ1) is 28.9. The highest BCUT2D eigenvalue weighted by atomic mass is 35.5. The fourth-order valence-corrected chi connectivity index (χ4v) is 9.12. The molecule has 0 bridgehead atoms. The predicted octanol–water partition coefficient (Wildman–Crippen LogP) is 12.3. The van der Waals surface area contributed by atoms with Gasteiger partial charge in [-0.15, -0.1) is 0 Å². The Hall–Kier alpha value is -6.10. The summed E-state index contributed by atoms with van der Waals surface area (Å²) in [6.07, 6.45) is 0.0703. The number of carbonyl (C=O) groups is 4. The molecule has 0 amide bonds. The number of rotatable bonds is 11. The topological polar surface area (TPSA) is 135 Å². The van der Waals surface area contributed by atoms with Gasteiger partial charge >= 0.3 is 11.9 Å². The fraction of sp³-hybridized carbons (Fsp3) is 0.224. The largest absolute Gasteiger partial charge is 0.478 e. The van der Waals surface area contributed by atoms with Crippen molar-refractivity contribution in [2.75, 3.05) is 0 Å². The van der Waals surface area contributed by atoms with Gasteiger partial charge in [-0.05, 0) is 87.9 Å². The summed E-state index contributed by atoms with van der Waals surface area (Å²) in [6.45, 7) is 11.4. The van der Waals surface area contributed by atoms with Crippen molar-refractivity contribution in [2.24, 2.45) is 0 Å². The van der Waals surface area contributed by atoms with E-state index in [2.05, 4.69) is 9.97 Å². The molecule has 1 atom stereocenters. The average molecular weight is 862 g/mol. The Morgan fingerprint density at radius 1 is 0.689 bits per heavy atom. The lowest BCUT2D eigenvalue weighted by Gasteiger charge is -2.33. The number of hydrogen-bond acceptors (Lipinski definition) is 6. The van der Waals surface area contributed by atoms with Crippen LogP contribution in [0.2, 0.25) is 10.0 Å². The van der Waals surface area contributed by atoms with Gasteiger partial charge in [0.15, 0.2) is 11.5 Å². The summed E-state index contributed by atoms with van der Waals surface area (Å²) in [7, 11) is 0. The monoisotopic (exact) mass is 860 g/mol. The molecule has 8 nitrogen and oxygen atoms in total. The van der Waals surface area contributed by atoms with Crippen LogP contribution in [-0.2, 0) is 6.42 Å². The van der Waals surface area contributed by atoms with Gasteiger partial charge in [0.05, 0.1) is 32.6 Å². The molecule has 4 aromatic carbocycles. The fourth-order valence-electron chi connectivity index (χ4n) is 8.50. The van der Waals surface area contributed by atoms with Crippen molar-refractivity contribution in [1.82, 2.24) is 9.97 Å². The number of ketones is 2. The van der Waals surface area contributed by atoms with Gasteiger partial charge in [0.25, 0.3) is 0 Å². The zero-order valence-electron chi connectivity index (χ0n) is 34.0. The summed E-state index contributed by atoms with van der Waals surface area (Å²) in [5.41, 5.74) is 1.65. The average Bonchev–Trinajstić information content (AvgIpc) is 3.21. The van der Waals surface area contributed by atoms with Crippen LogP contribution >= 0.6 is 23.2 Å². The second-order valence-corrected chi connectivity index (χ2v) is 16.8. The molecule has 0 saturated carbocycles. The van der Waals surface area contributed by atoms with E-state index in [0.29, 0.717) is 33.4 Å². The molecule has 310 valence electrons. The van der Waals surface area contributed by atoms with Crippen molar-refractivity contribution < 1.29 is 38.2 Å². The highest BCUT2D eigenvalue weighted by Crippen LogP contribution is 2.49. The minimum Gasteiger partial charge on any atom is -0.478 e. The van der Waals surface area contributed by atoms with Gasteiger partial charge in [-0.2, -0.15) is 0 Å². The molecule has 7 rings (SSSR count). The lowest BCUT2D eigenvalue weighted by atomic mass is 9.70. The minimum absolute atomic E-state index is 0.0211. The number of fused-ring (bicyclic) bond motifs is 2. The van der Waals surface area contributed by atoms with E-state index >= 15 is 13.6 Å². The second kappa shape index (κ2) is 16.7. The van der Waals surface area contributed by atoms with Gasteiger partial charge in [0, 0.05) is 28.2 Å². The number of aromatic carboxylic acids is 2. The Kier molecular flexibility index (Phi) is 11.8. The molecule has 0 saturated heterocycles. The van der Waals surface area contributed by atoms with E-state index in [-0.39, 0.29) is 73.4 Å². The first kappa shape index (κ1) is 43.0. The second-order valence-electron chi connectivity index (χ2n) is 16.0. The molecular weight excluding hydrogens is 821 g/mol. The summed E-state index contributed by atoms with van der Waals surface area (Å²) < 4.78 is 30.6. The third-order valence-corrected chi connectivity index (χ3v) is 11.9. The maximum atomic E-state index is 15.5. The van der Waals surface area contributed by atoms with Crippen LogP contribution in [0, 0.1) is 11.6 Å². The number of nitrogens with zero attached hydrogens (tertiary/aromatic N) is 2. The zero-order valence-corrected chi connectivity index (χ0v) is 35.5. The number of benzene rings is 4. The standard InChI is InChI=1S/C49H40Cl2F2N2O6/c1-22(2)26-14-11-15-28-31(38-40(46(56)37(26)28)45(49(60)61)55-43(41(38)51)30-13-8-10-17-35(30)53)20-25-18-19-27(23(3)4)39(36(25)24(5)6)47(57)44-32(48(58)59)21-33(50)42(54-44)29-12-7-9-16-34(29)52/h7-19,21-24,31H,20H2,1-6H3,(H,58,59)(H,60,61). The maximum absolute atomic E-state index is 15.5. The highest BCUT2D eigenvalue weighted by molar-refractivity contribution is 6.35. The Balaban J connectivity index is 1.53. The van der Waals surface area contributed by atoms with Crippen LogP contribution < -0.4 is 0 Å². The van der Waals surface area contributed by atoms with Crippen molar-refractivity contribution in [3.63, 3.8) is 0 Å². The minimum atomic E-state index is -1.50. The van der Waals surface area contributed by atoms with E-state index in [0.717, 1.165) is 6.07 Å². The van der Waals surface area contributed by atoms with Crippen molar-refractivity contribution in [3.8, 4) is 22.5 Å². The Morgan fingerprint density at radius 3 is 1.84 bits per heavy atom. The van der Waals surface area contributed by atoms with Gasteiger partial charge in [0.1, 0.15) is 17.3 Å². The molecular formula is C49H40Cl2F2N2O6. The molecule has 2 aromatic heterocycles. The van der Waals surface area contributed by atoms with Gasteiger partial charge < -0.3 is 10.2 Å². The number of carbonyl (C=O) groups excluding carboxylic acids is 2. The van der Waals surface area contributed by atoms with Crippen molar-refractivity contribution >= 4 is 46.7 Å². The Labute approximate surface area is 361 Å². The van der Waals surface area contributed by atoms with E-state index in [1.54, 1.807) is 24.3 Å². The Morgan fingerprint density at radius 2 is 1.28 bits per heavy atom. The first-order valence-electron chi connectivity index (χ1n) is 19.7. The summed E-state index contributed by atoms with van der Waals surface area (Å²) >= 11 is 13.8. The van der Waals surface area contributed by atoms with Crippen LogP contribution in [0.15, 0.2) is 84.9 Å². The van der Waals surface area contributed by atoms with E-state index in [9.17, 15) is 24.6 Å². The SMILES string of the molecule is CC(C)c1cccc2c1C(=O)c1c(C(=O)O)nc(-c3ccccc3F)c(Cl)c1C2Cc1ccc(C(C)C)c(C(=O)c2nc(-c3ccccc3F)c(Cl)cc2C(=O)O)c1C(C)C. The summed E-state index contributed by atoms with van der Waals surface area (Å²) in [4.78, 5) is 64.5. The molecule has 0 fully saturated rings. The van der Waals surface area contributed by atoms with Gasteiger partial charge in [0.2, 0.25) is 5.78 Å². The van der Waals surface area contributed by atoms with Gasteiger partial charge in [-0.25, -0.2) is 28.3 Å². The first-order valence-corrected chi connectivity index (χ1v) is 20.5. The van der Waals surface area contributed by atoms with E-state index < -0.39 is 58.0 Å². The summed E-state index contributed by atoms with van der Waals surface area (Å²) in [6, 6.07) is 21.5. The molecule has 1 unspecified atom stereocenters. The Bertz CT molecular complexity index is 2840.